The molecule has 0 spiro atoms. The normalized spacial score (nSPS) is 18.7. The fraction of sp³-hybridized carbons (Fsp3) is 0.550. The second-order valence-electron chi connectivity index (χ2n) is 7.55. The molecule has 150 valence electrons. The van der Waals surface area contributed by atoms with Crippen LogP contribution in [0.15, 0.2) is 24.3 Å². The van der Waals surface area contributed by atoms with Crippen molar-refractivity contribution in [3.63, 3.8) is 0 Å². The molecule has 2 aromatic rings. The summed E-state index contributed by atoms with van der Waals surface area (Å²) in [6, 6.07) is 6.01. The molecule has 0 aliphatic carbocycles. The number of aryl methyl sites for hydroxylation is 1. The van der Waals surface area contributed by atoms with Gasteiger partial charge in [-0.2, -0.15) is 0 Å². The van der Waals surface area contributed by atoms with Gasteiger partial charge in [0, 0.05) is 39.3 Å². The van der Waals surface area contributed by atoms with Crippen LogP contribution in [0.3, 0.4) is 0 Å². The first-order chi connectivity index (χ1) is 13.6. The van der Waals surface area contributed by atoms with Crippen molar-refractivity contribution in [2.45, 2.75) is 19.8 Å². The van der Waals surface area contributed by atoms with Crippen LogP contribution >= 0.6 is 0 Å². The zero-order valence-corrected chi connectivity index (χ0v) is 16.3. The predicted molar refractivity (Wildman–Crippen MR) is 104 cm³/mol. The molecule has 1 aromatic carbocycles. The van der Waals surface area contributed by atoms with Gasteiger partial charge in [0.2, 0.25) is 5.82 Å². The summed E-state index contributed by atoms with van der Waals surface area (Å²) in [5, 5.41) is 4.36. The van der Waals surface area contributed by atoms with Gasteiger partial charge in [-0.05, 0) is 57.1 Å². The summed E-state index contributed by atoms with van der Waals surface area (Å²) in [4.78, 5) is 23.9. The maximum atomic E-state index is 13.1. The Kier molecular flexibility index (Phi) is 5.68. The Bertz CT molecular complexity index is 807. The zero-order chi connectivity index (χ0) is 19.5. The highest BCUT2D eigenvalue weighted by molar-refractivity contribution is 5.90. The van der Waals surface area contributed by atoms with E-state index in [0.717, 1.165) is 26.2 Å². The highest BCUT2D eigenvalue weighted by Crippen LogP contribution is 2.13. The molecule has 2 aliphatic heterocycles. The average molecular weight is 386 g/mol. The van der Waals surface area contributed by atoms with Gasteiger partial charge in [-0.3, -0.25) is 9.69 Å². The summed E-state index contributed by atoms with van der Waals surface area (Å²) in [7, 11) is 0. The molecule has 2 fully saturated rings. The maximum absolute atomic E-state index is 13.1. The van der Waals surface area contributed by atoms with E-state index in [1.54, 1.807) is 23.7 Å². The summed E-state index contributed by atoms with van der Waals surface area (Å²) < 4.78 is 14.7. The van der Waals surface area contributed by atoms with E-state index in [1.165, 1.54) is 38.1 Å². The third-order valence-corrected chi connectivity index (χ3v) is 5.62. The van der Waals surface area contributed by atoms with Crippen LogP contribution in [0.5, 0.6) is 0 Å². The minimum absolute atomic E-state index is 0.136. The minimum atomic E-state index is -0.305. The Balaban J connectivity index is 1.34. The van der Waals surface area contributed by atoms with Gasteiger partial charge in [-0.25, -0.2) is 14.1 Å². The molecule has 2 aliphatic rings. The number of hydrogen-bond acceptors (Lipinski definition) is 5. The van der Waals surface area contributed by atoms with E-state index in [1.807, 2.05) is 4.90 Å². The zero-order valence-electron chi connectivity index (χ0n) is 16.3. The van der Waals surface area contributed by atoms with Crippen molar-refractivity contribution in [3.05, 3.63) is 41.7 Å². The van der Waals surface area contributed by atoms with E-state index < -0.39 is 0 Å². The molecule has 1 aromatic heterocycles. The fourth-order valence-electron chi connectivity index (χ4n) is 3.91. The highest BCUT2D eigenvalue weighted by Gasteiger charge is 2.26. The number of aromatic nitrogens is 3. The molecule has 0 unspecified atom stereocenters. The van der Waals surface area contributed by atoms with Crippen molar-refractivity contribution >= 4 is 5.91 Å². The van der Waals surface area contributed by atoms with E-state index in [9.17, 15) is 9.18 Å². The third kappa shape index (κ3) is 4.23. The second kappa shape index (κ2) is 8.36. The average Bonchev–Trinajstić information content (AvgIpc) is 3.37. The third-order valence-electron chi connectivity index (χ3n) is 5.62. The lowest BCUT2D eigenvalue weighted by Crippen LogP contribution is -2.50. The smallest absolute Gasteiger partial charge is 0.293 e. The summed E-state index contributed by atoms with van der Waals surface area (Å²) in [5.74, 6) is 0.370. The molecule has 0 bridgehead atoms. The first-order valence-corrected chi connectivity index (χ1v) is 10.0. The van der Waals surface area contributed by atoms with Gasteiger partial charge < -0.3 is 9.80 Å². The molecule has 0 N–H and O–H groups in total. The van der Waals surface area contributed by atoms with Crippen LogP contribution in [0.1, 0.15) is 29.3 Å². The monoisotopic (exact) mass is 386 g/mol. The number of hydrogen-bond donors (Lipinski definition) is 0. The summed E-state index contributed by atoms with van der Waals surface area (Å²) in [6.07, 6.45) is 2.64. The fourth-order valence-corrected chi connectivity index (χ4v) is 3.91. The van der Waals surface area contributed by atoms with Crippen molar-refractivity contribution in [2.24, 2.45) is 0 Å². The number of benzene rings is 1. The Morgan fingerprint density at radius 2 is 1.57 bits per heavy atom. The van der Waals surface area contributed by atoms with E-state index in [2.05, 4.69) is 19.9 Å². The molecule has 0 atom stereocenters. The van der Waals surface area contributed by atoms with Gasteiger partial charge in [-0.15, -0.1) is 5.10 Å². The van der Waals surface area contributed by atoms with Gasteiger partial charge in [0.15, 0.2) is 0 Å². The molecule has 7 nitrogen and oxygen atoms in total. The molecule has 2 saturated heterocycles. The van der Waals surface area contributed by atoms with Crippen LogP contribution in [0.2, 0.25) is 0 Å². The number of amides is 1. The largest absolute Gasteiger partial charge is 0.333 e. The Morgan fingerprint density at radius 1 is 0.964 bits per heavy atom. The van der Waals surface area contributed by atoms with E-state index >= 15 is 0 Å². The van der Waals surface area contributed by atoms with Crippen molar-refractivity contribution in [3.8, 4) is 5.69 Å². The highest BCUT2D eigenvalue weighted by atomic mass is 19.1. The van der Waals surface area contributed by atoms with Crippen molar-refractivity contribution in [1.82, 2.24) is 29.5 Å². The minimum Gasteiger partial charge on any atom is -0.333 e. The van der Waals surface area contributed by atoms with Gasteiger partial charge in [0.05, 0.1) is 5.69 Å². The SMILES string of the molecule is Cc1nc(C(=O)N2CCN(CCN3CCCC3)CC2)nn1-c1ccc(F)cc1. The Hall–Kier alpha value is -2.32. The maximum Gasteiger partial charge on any atom is 0.293 e. The summed E-state index contributed by atoms with van der Waals surface area (Å²) in [6.45, 7) is 9.60. The molecule has 3 heterocycles. The Labute approximate surface area is 164 Å². The molecular weight excluding hydrogens is 359 g/mol. The summed E-state index contributed by atoms with van der Waals surface area (Å²) in [5.41, 5.74) is 0.692. The van der Waals surface area contributed by atoms with Gasteiger partial charge in [0.1, 0.15) is 11.6 Å². The number of carbonyl (C=O) groups excluding carboxylic acids is 1. The van der Waals surface area contributed by atoms with Crippen LogP contribution in [0.4, 0.5) is 4.39 Å². The molecule has 28 heavy (non-hydrogen) atoms. The number of carbonyl (C=O) groups is 1. The van der Waals surface area contributed by atoms with Crippen LogP contribution in [0.25, 0.3) is 5.69 Å². The first kappa shape index (κ1) is 19.0. The number of piperazine rings is 1. The number of rotatable bonds is 5. The predicted octanol–water partition coefficient (Wildman–Crippen LogP) is 1.57. The van der Waals surface area contributed by atoms with Crippen molar-refractivity contribution in [1.29, 1.82) is 0 Å². The van der Waals surface area contributed by atoms with Crippen LogP contribution in [-0.4, -0.2) is 87.7 Å². The summed E-state index contributed by atoms with van der Waals surface area (Å²) >= 11 is 0. The number of nitrogens with zero attached hydrogens (tertiary/aromatic N) is 6. The van der Waals surface area contributed by atoms with Gasteiger partial charge in [0.25, 0.3) is 5.91 Å². The van der Waals surface area contributed by atoms with Crippen molar-refractivity contribution in [2.75, 3.05) is 52.4 Å². The van der Waals surface area contributed by atoms with E-state index in [0.29, 0.717) is 24.6 Å². The number of halogens is 1. The second-order valence-corrected chi connectivity index (χ2v) is 7.55. The topological polar surface area (TPSA) is 57.5 Å². The molecule has 8 heteroatoms. The van der Waals surface area contributed by atoms with Crippen LogP contribution < -0.4 is 0 Å². The van der Waals surface area contributed by atoms with Crippen molar-refractivity contribution < 1.29 is 9.18 Å². The first-order valence-electron chi connectivity index (χ1n) is 10.0. The molecule has 4 rings (SSSR count). The molecular formula is C20H27FN6O. The molecule has 0 saturated carbocycles. The van der Waals surface area contributed by atoms with Gasteiger partial charge in [-0.1, -0.05) is 0 Å². The van der Waals surface area contributed by atoms with Crippen LogP contribution in [0, 0.1) is 12.7 Å². The Morgan fingerprint density at radius 3 is 2.21 bits per heavy atom. The van der Waals surface area contributed by atoms with E-state index in [4.69, 9.17) is 0 Å². The quantitative estimate of drug-likeness (QED) is 0.781. The molecule has 1 amide bonds. The van der Waals surface area contributed by atoms with Gasteiger partial charge >= 0.3 is 0 Å². The van der Waals surface area contributed by atoms with Crippen LogP contribution in [-0.2, 0) is 0 Å². The van der Waals surface area contributed by atoms with E-state index in [-0.39, 0.29) is 17.5 Å². The standard InChI is InChI=1S/C20H27FN6O/c1-16-22-19(23-27(16)18-6-4-17(21)5-7-18)20(28)26-14-12-25(13-15-26)11-10-24-8-2-3-9-24/h4-7H,2-3,8-15H2,1H3. The molecule has 0 radical (unpaired) electrons. The lowest BCUT2D eigenvalue weighted by atomic mass is 10.3. The number of likely N-dealkylation sites (tertiary alicyclic amines) is 1. The lowest BCUT2D eigenvalue weighted by Gasteiger charge is -2.34. The lowest BCUT2D eigenvalue weighted by molar-refractivity contribution is 0.0615.